The van der Waals surface area contributed by atoms with Crippen molar-refractivity contribution in [2.75, 3.05) is 18.6 Å². The fraction of sp³-hybridized carbons (Fsp3) is 0.542. The van der Waals surface area contributed by atoms with Gasteiger partial charge in [0.25, 0.3) is 0 Å². The number of rotatable bonds is 14. The predicted molar refractivity (Wildman–Crippen MR) is 136 cm³/mol. The van der Waals surface area contributed by atoms with Gasteiger partial charge in [-0.2, -0.15) is 11.8 Å². The summed E-state index contributed by atoms with van der Waals surface area (Å²) in [5.74, 6) is -3.70. The van der Waals surface area contributed by atoms with Crippen molar-refractivity contribution < 1.29 is 39.3 Å². The molecule has 2 rings (SSSR count). The Morgan fingerprint density at radius 1 is 1.05 bits per heavy atom. The number of carboxylic acids is 2. The largest absolute Gasteiger partial charge is 0.508 e. The van der Waals surface area contributed by atoms with Gasteiger partial charge >= 0.3 is 11.9 Å². The molecule has 12 nitrogen and oxygen atoms in total. The SMILES string of the molecule is CSCCC(N)C(=O)NC(Cc1ccc(O)cc1)C(=O)NC(CCC(=O)O)C(=O)N1CCCC1C(=O)O. The van der Waals surface area contributed by atoms with Crippen molar-refractivity contribution in [1.29, 1.82) is 0 Å². The number of aromatic hydroxyl groups is 1. The topological polar surface area (TPSA) is 199 Å². The number of carboxylic acid groups (broad SMARTS) is 2. The zero-order chi connectivity index (χ0) is 27.5. The minimum atomic E-state index is -1.30. The number of likely N-dealkylation sites (tertiary alicyclic amines) is 1. The fourth-order valence-electron chi connectivity index (χ4n) is 4.02. The van der Waals surface area contributed by atoms with E-state index in [-0.39, 0.29) is 31.6 Å². The fourth-order valence-corrected chi connectivity index (χ4v) is 4.51. The Balaban J connectivity index is 2.25. The molecule has 4 unspecified atom stereocenters. The highest BCUT2D eigenvalue weighted by Crippen LogP contribution is 2.20. The van der Waals surface area contributed by atoms with Gasteiger partial charge in [-0.3, -0.25) is 19.2 Å². The number of aliphatic carboxylic acids is 2. The molecule has 0 saturated carbocycles. The molecule has 1 saturated heterocycles. The third-order valence-electron chi connectivity index (χ3n) is 6.06. The van der Waals surface area contributed by atoms with E-state index in [0.29, 0.717) is 24.2 Å². The van der Waals surface area contributed by atoms with Crippen molar-refractivity contribution in [2.45, 2.75) is 62.7 Å². The number of hydrogen-bond donors (Lipinski definition) is 6. The zero-order valence-corrected chi connectivity index (χ0v) is 21.4. The number of nitrogens with one attached hydrogen (secondary N) is 2. The number of thioether (sulfide) groups is 1. The Hall–Kier alpha value is -3.32. The second kappa shape index (κ2) is 14.4. The van der Waals surface area contributed by atoms with E-state index in [1.54, 1.807) is 12.1 Å². The number of phenols is 1. The van der Waals surface area contributed by atoms with Crippen molar-refractivity contribution >= 4 is 41.4 Å². The van der Waals surface area contributed by atoms with Gasteiger partial charge in [-0.15, -0.1) is 0 Å². The molecule has 204 valence electrons. The van der Waals surface area contributed by atoms with Gasteiger partial charge in [0, 0.05) is 19.4 Å². The van der Waals surface area contributed by atoms with Crippen LogP contribution in [0.25, 0.3) is 0 Å². The number of amides is 3. The highest BCUT2D eigenvalue weighted by Gasteiger charge is 2.38. The van der Waals surface area contributed by atoms with Crippen LogP contribution >= 0.6 is 11.8 Å². The standard InChI is InChI=1S/C24H34N4O8S/c1-37-12-10-16(25)21(32)27-18(13-14-4-6-15(29)7-5-14)22(33)26-17(8-9-20(30)31)23(34)28-11-2-3-19(28)24(35)36/h4-7,16-19,29H,2-3,8-13,25H2,1H3,(H,26,33)(H,27,32)(H,30,31)(H,35,36). The third-order valence-corrected chi connectivity index (χ3v) is 6.71. The summed E-state index contributed by atoms with van der Waals surface area (Å²) in [6.07, 6.45) is 2.30. The molecule has 1 aliphatic rings. The van der Waals surface area contributed by atoms with Crippen LogP contribution in [-0.4, -0.2) is 92.6 Å². The Labute approximate surface area is 219 Å². The number of nitrogens with two attached hydrogens (primary N) is 1. The summed E-state index contributed by atoms with van der Waals surface area (Å²) in [7, 11) is 0. The van der Waals surface area contributed by atoms with E-state index in [1.807, 2.05) is 6.26 Å². The average molecular weight is 539 g/mol. The molecule has 0 spiro atoms. The van der Waals surface area contributed by atoms with Crippen LogP contribution in [0.5, 0.6) is 5.75 Å². The molecule has 1 fully saturated rings. The molecule has 1 heterocycles. The number of hydrogen-bond acceptors (Lipinski definition) is 8. The van der Waals surface area contributed by atoms with Crippen molar-refractivity contribution in [3.05, 3.63) is 29.8 Å². The lowest BCUT2D eigenvalue weighted by Gasteiger charge is -2.29. The summed E-state index contributed by atoms with van der Waals surface area (Å²) in [6, 6.07) is 1.61. The number of benzene rings is 1. The summed E-state index contributed by atoms with van der Waals surface area (Å²) < 4.78 is 0. The maximum absolute atomic E-state index is 13.3. The summed E-state index contributed by atoms with van der Waals surface area (Å²) in [5.41, 5.74) is 6.56. The number of carbonyl (C=O) groups is 5. The molecular weight excluding hydrogens is 504 g/mol. The quantitative estimate of drug-likeness (QED) is 0.186. The molecule has 0 bridgehead atoms. The van der Waals surface area contributed by atoms with Crippen molar-refractivity contribution in [2.24, 2.45) is 5.73 Å². The van der Waals surface area contributed by atoms with Gasteiger partial charge in [-0.25, -0.2) is 4.79 Å². The lowest BCUT2D eigenvalue weighted by molar-refractivity contribution is -0.150. The molecule has 0 radical (unpaired) electrons. The average Bonchev–Trinajstić information content (AvgIpc) is 3.35. The Kier molecular flexibility index (Phi) is 11.7. The Morgan fingerprint density at radius 3 is 2.30 bits per heavy atom. The second-order valence-electron chi connectivity index (χ2n) is 8.84. The molecule has 3 amide bonds. The summed E-state index contributed by atoms with van der Waals surface area (Å²) in [6.45, 7) is 0.174. The maximum atomic E-state index is 13.3. The first-order valence-corrected chi connectivity index (χ1v) is 13.3. The Bertz CT molecular complexity index is 974. The molecule has 7 N–H and O–H groups in total. The van der Waals surface area contributed by atoms with Crippen LogP contribution < -0.4 is 16.4 Å². The minimum absolute atomic E-state index is 0.00834. The summed E-state index contributed by atoms with van der Waals surface area (Å²) >= 11 is 1.52. The lowest BCUT2D eigenvalue weighted by atomic mass is 10.0. The van der Waals surface area contributed by atoms with E-state index < -0.39 is 60.2 Å². The zero-order valence-electron chi connectivity index (χ0n) is 20.6. The summed E-state index contributed by atoms with van der Waals surface area (Å²) in [4.78, 5) is 63.1. The highest BCUT2D eigenvalue weighted by atomic mass is 32.2. The monoisotopic (exact) mass is 538 g/mol. The smallest absolute Gasteiger partial charge is 0.326 e. The van der Waals surface area contributed by atoms with Crippen molar-refractivity contribution in [1.82, 2.24) is 15.5 Å². The molecule has 1 aliphatic heterocycles. The number of phenolic OH excluding ortho intramolecular Hbond substituents is 1. The van der Waals surface area contributed by atoms with E-state index in [2.05, 4.69) is 10.6 Å². The third kappa shape index (κ3) is 9.25. The van der Waals surface area contributed by atoms with Crippen LogP contribution in [0.4, 0.5) is 0 Å². The van der Waals surface area contributed by atoms with E-state index in [9.17, 15) is 34.2 Å². The van der Waals surface area contributed by atoms with Crippen molar-refractivity contribution in [3.8, 4) is 5.75 Å². The first-order valence-electron chi connectivity index (χ1n) is 11.9. The van der Waals surface area contributed by atoms with Crippen LogP contribution in [0.1, 0.15) is 37.7 Å². The molecule has 0 aromatic heterocycles. The molecule has 13 heteroatoms. The van der Waals surface area contributed by atoms with E-state index in [0.717, 1.165) is 4.90 Å². The molecule has 1 aromatic carbocycles. The first-order chi connectivity index (χ1) is 17.5. The second-order valence-corrected chi connectivity index (χ2v) is 9.83. The predicted octanol–water partition coefficient (Wildman–Crippen LogP) is -0.0749. The Morgan fingerprint density at radius 2 is 1.70 bits per heavy atom. The highest BCUT2D eigenvalue weighted by molar-refractivity contribution is 7.98. The molecular formula is C24H34N4O8S. The van der Waals surface area contributed by atoms with E-state index in [1.165, 1.54) is 23.9 Å². The maximum Gasteiger partial charge on any atom is 0.326 e. The first kappa shape index (κ1) is 29.9. The normalized spacial score (nSPS) is 17.5. The van der Waals surface area contributed by atoms with Crippen LogP contribution in [0.2, 0.25) is 0 Å². The van der Waals surface area contributed by atoms with Gasteiger partial charge in [-0.05, 0) is 55.4 Å². The van der Waals surface area contributed by atoms with Crippen LogP contribution in [0.15, 0.2) is 24.3 Å². The van der Waals surface area contributed by atoms with E-state index in [4.69, 9.17) is 10.8 Å². The van der Waals surface area contributed by atoms with Crippen LogP contribution in [0, 0.1) is 0 Å². The molecule has 4 atom stereocenters. The summed E-state index contributed by atoms with van der Waals surface area (Å²) in [5, 5.41) is 33.3. The lowest BCUT2D eigenvalue weighted by Crippen LogP contribution is -2.57. The molecule has 0 aliphatic carbocycles. The van der Waals surface area contributed by atoms with Crippen molar-refractivity contribution in [3.63, 3.8) is 0 Å². The number of nitrogens with zero attached hydrogens (tertiary/aromatic N) is 1. The number of carbonyl (C=O) groups excluding carboxylic acids is 3. The minimum Gasteiger partial charge on any atom is -0.508 e. The van der Waals surface area contributed by atoms with E-state index >= 15 is 0 Å². The van der Waals surface area contributed by atoms with Crippen LogP contribution in [-0.2, 0) is 30.4 Å². The molecule has 1 aromatic rings. The van der Waals surface area contributed by atoms with Gasteiger partial charge in [-0.1, -0.05) is 12.1 Å². The van der Waals surface area contributed by atoms with Gasteiger partial charge in [0.15, 0.2) is 0 Å². The molecule has 37 heavy (non-hydrogen) atoms. The van der Waals surface area contributed by atoms with Gasteiger partial charge in [0.05, 0.1) is 6.04 Å². The van der Waals surface area contributed by atoms with Gasteiger partial charge in [0.1, 0.15) is 23.9 Å². The van der Waals surface area contributed by atoms with Gasteiger partial charge < -0.3 is 36.6 Å². The van der Waals surface area contributed by atoms with Gasteiger partial charge in [0.2, 0.25) is 17.7 Å². The van der Waals surface area contributed by atoms with Crippen LogP contribution in [0.3, 0.4) is 0 Å².